The summed E-state index contributed by atoms with van der Waals surface area (Å²) in [7, 11) is 0. The first-order valence-electron chi connectivity index (χ1n) is 7.48. The van der Waals surface area contributed by atoms with E-state index in [9.17, 15) is 19.4 Å². The van der Waals surface area contributed by atoms with Crippen LogP contribution < -0.4 is 10.7 Å². The first kappa shape index (κ1) is 16.7. The summed E-state index contributed by atoms with van der Waals surface area (Å²) >= 11 is 0. The lowest BCUT2D eigenvalue weighted by Crippen LogP contribution is -2.17. The Morgan fingerprint density at radius 3 is 2.60 bits per heavy atom. The number of pyridine rings is 1. The lowest BCUT2D eigenvalue weighted by atomic mass is 10.0. The summed E-state index contributed by atoms with van der Waals surface area (Å²) in [4.78, 5) is 16.1. The third-order valence-electron chi connectivity index (χ3n) is 3.58. The number of aliphatic hydroxyl groups is 1. The molecule has 25 heavy (non-hydrogen) atoms. The maximum Gasteiger partial charge on any atom is 0.227 e. The van der Waals surface area contributed by atoms with E-state index in [1.165, 1.54) is 24.3 Å². The fraction of sp³-hybridized carbons (Fsp3) is 0.111. The van der Waals surface area contributed by atoms with Gasteiger partial charge in [0, 0.05) is 12.3 Å². The van der Waals surface area contributed by atoms with E-state index in [2.05, 4.69) is 10.3 Å². The molecule has 0 saturated heterocycles. The molecule has 0 aliphatic heterocycles. The molecule has 2 aromatic heterocycles. The molecule has 1 atom stereocenters. The Kier molecular flexibility index (Phi) is 4.76. The molecular formula is C18H15FN2O4. The second-order valence-electron chi connectivity index (χ2n) is 5.29. The van der Waals surface area contributed by atoms with Gasteiger partial charge >= 0.3 is 0 Å². The van der Waals surface area contributed by atoms with Crippen LogP contribution in [0.25, 0.3) is 0 Å². The van der Waals surface area contributed by atoms with Crippen LogP contribution in [0.1, 0.15) is 23.1 Å². The summed E-state index contributed by atoms with van der Waals surface area (Å²) in [6.07, 6.45) is 1.57. The molecular weight excluding hydrogens is 327 g/mol. The first-order valence-corrected chi connectivity index (χ1v) is 7.48. The highest BCUT2D eigenvalue weighted by Gasteiger charge is 2.24. The van der Waals surface area contributed by atoms with Gasteiger partial charge in [0.05, 0.1) is 0 Å². The highest BCUT2D eigenvalue weighted by molar-refractivity contribution is 5.45. The van der Waals surface area contributed by atoms with Crippen molar-refractivity contribution >= 4 is 5.82 Å². The smallest absolute Gasteiger partial charge is 0.227 e. The van der Waals surface area contributed by atoms with E-state index in [0.29, 0.717) is 11.4 Å². The van der Waals surface area contributed by atoms with Crippen LogP contribution in [-0.2, 0) is 6.61 Å². The van der Waals surface area contributed by atoms with E-state index in [-0.39, 0.29) is 11.5 Å². The maximum atomic E-state index is 13.3. The molecule has 0 bridgehead atoms. The minimum absolute atomic E-state index is 0.00716. The minimum Gasteiger partial charge on any atom is -0.502 e. The van der Waals surface area contributed by atoms with Crippen molar-refractivity contribution in [3.63, 3.8) is 0 Å². The largest absolute Gasteiger partial charge is 0.502 e. The molecule has 7 heteroatoms. The van der Waals surface area contributed by atoms with Crippen molar-refractivity contribution in [1.29, 1.82) is 0 Å². The Hall–Kier alpha value is -3.19. The Morgan fingerprint density at radius 1 is 1.20 bits per heavy atom. The molecule has 0 amide bonds. The van der Waals surface area contributed by atoms with E-state index >= 15 is 0 Å². The van der Waals surface area contributed by atoms with Crippen molar-refractivity contribution in [3.05, 3.63) is 87.9 Å². The maximum absolute atomic E-state index is 13.3. The summed E-state index contributed by atoms with van der Waals surface area (Å²) in [5.74, 6) is -0.625. The molecule has 0 saturated carbocycles. The molecule has 0 unspecified atom stereocenters. The Labute approximate surface area is 142 Å². The van der Waals surface area contributed by atoms with Crippen LogP contribution in [-0.4, -0.2) is 15.2 Å². The molecule has 3 rings (SSSR count). The van der Waals surface area contributed by atoms with Gasteiger partial charge in [0.15, 0.2) is 5.76 Å². The number of aromatic hydroxyl groups is 1. The number of hydrogen-bond donors (Lipinski definition) is 3. The number of hydrogen-bond acceptors (Lipinski definition) is 6. The third-order valence-corrected chi connectivity index (χ3v) is 3.58. The number of nitrogens with one attached hydrogen (secondary N) is 1. The van der Waals surface area contributed by atoms with Gasteiger partial charge in [-0.25, -0.2) is 9.37 Å². The number of nitrogens with zero attached hydrogens (tertiary/aromatic N) is 1. The average molecular weight is 342 g/mol. The van der Waals surface area contributed by atoms with Crippen molar-refractivity contribution in [2.24, 2.45) is 0 Å². The highest BCUT2D eigenvalue weighted by Crippen LogP contribution is 2.31. The van der Waals surface area contributed by atoms with Gasteiger partial charge in [-0.3, -0.25) is 4.79 Å². The zero-order valence-corrected chi connectivity index (χ0v) is 13.0. The second-order valence-corrected chi connectivity index (χ2v) is 5.29. The normalized spacial score (nSPS) is 11.9. The number of aromatic nitrogens is 1. The van der Waals surface area contributed by atoms with Gasteiger partial charge in [0.2, 0.25) is 11.2 Å². The van der Waals surface area contributed by atoms with Gasteiger partial charge in [0.1, 0.15) is 30.0 Å². The molecule has 1 aromatic carbocycles. The Morgan fingerprint density at radius 2 is 1.96 bits per heavy atom. The zero-order chi connectivity index (χ0) is 17.8. The predicted octanol–water partition coefficient (Wildman–Crippen LogP) is 2.57. The molecule has 3 N–H and O–H groups in total. The van der Waals surface area contributed by atoms with E-state index in [1.807, 2.05) is 0 Å². The van der Waals surface area contributed by atoms with Gasteiger partial charge in [0.25, 0.3) is 0 Å². The van der Waals surface area contributed by atoms with E-state index < -0.39 is 29.6 Å². The number of aliphatic hydroxyl groups excluding tert-OH is 1. The van der Waals surface area contributed by atoms with Gasteiger partial charge in [-0.05, 0) is 29.8 Å². The lowest BCUT2D eigenvalue weighted by Gasteiger charge is -2.20. The molecule has 0 aliphatic carbocycles. The SMILES string of the molecule is O=c1cc(CO)oc([C@@H](Nc2ccccn2)c2ccc(F)cc2)c1O. The summed E-state index contributed by atoms with van der Waals surface area (Å²) in [5.41, 5.74) is -0.138. The van der Waals surface area contributed by atoms with Crippen LogP contribution in [0.3, 0.4) is 0 Å². The van der Waals surface area contributed by atoms with Crippen molar-refractivity contribution in [2.45, 2.75) is 12.6 Å². The van der Waals surface area contributed by atoms with Gasteiger partial charge in [-0.2, -0.15) is 0 Å². The quantitative estimate of drug-likeness (QED) is 0.660. The van der Waals surface area contributed by atoms with Crippen LogP contribution in [0, 0.1) is 5.82 Å². The van der Waals surface area contributed by atoms with Crippen molar-refractivity contribution in [2.75, 3.05) is 5.32 Å². The molecule has 0 spiro atoms. The standard InChI is InChI=1S/C18H15FN2O4/c19-12-6-4-11(5-7-12)16(21-15-3-1-2-8-20-15)18-17(24)14(23)9-13(10-22)25-18/h1-9,16,22,24H,10H2,(H,20,21)/t16-/m0/s1. The van der Waals surface area contributed by atoms with Crippen LogP contribution in [0.15, 0.2) is 63.9 Å². The predicted molar refractivity (Wildman–Crippen MR) is 88.7 cm³/mol. The molecule has 3 aromatic rings. The first-order chi connectivity index (χ1) is 12.1. The molecule has 2 heterocycles. The van der Waals surface area contributed by atoms with Crippen LogP contribution >= 0.6 is 0 Å². The summed E-state index contributed by atoms with van der Waals surface area (Å²) in [6.45, 7) is -0.498. The fourth-order valence-electron chi connectivity index (χ4n) is 2.38. The molecule has 0 fully saturated rings. The number of rotatable bonds is 5. The van der Waals surface area contributed by atoms with Crippen molar-refractivity contribution < 1.29 is 19.0 Å². The monoisotopic (exact) mass is 342 g/mol. The highest BCUT2D eigenvalue weighted by atomic mass is 19.1. The van der Waals surface area contributed by atoms with Gasteiger partial charge < -0.3 is 19.9 Å². The molecule has 0 aliphatic rings. The molecule has 128 valence electrons. The zero-order valence-electron chi connectivity index (χ0n) is 13.0. The van der Waals surface area contributed by atoms with E-state index in [1.54, 1.807) is 24.4 Å². The number of halogens is 1. The molecule has 0 radical (unpaired) electrons. The fourth-order valence-corrected chi connectivity index (χ4v) is 2.38. The molecule has 6 nitrogen and oxygen atoms in total. The Balaban J connectivity index is 2.12. The van der Waals surface area contributed by atoms with E-state index in [4.69, 9.17) is 4.42 Å². The Bertz CT molecular complexity index is 911. The third kappa shape index (κ3) is 3.67. The van der Waals surface area contributed by atoms with Crippen LogP contribution in [0.5, 0.6) is 5.75 Å². The summed E-state index contributed by atoms with van der Waals surface area (Å²) in [5, 5.41) is 22.5. The van der Waals surface area contributed by atoms with Crippen LogP contribution in [0.4, 0.5) is 10.2 Å². The van der Waals surface area contributed by atoms with Crippen molar-refractivity contribution in [1.82, 2.24) is 4.98 Å². The van der Waals surface area contributed by atoms with Gasteiger partial charge in [-0.1, -0.05) is 18.2 Å². The second kappa shape index (κ2) is 7.14. The van der Waals surface area contributed by atoms with Crippen LogP contribution in [0.2, 0.25) is 0 Å². The topological polar surface area (TPSA) is 95.6 Å². The summed E-state index contributed by atoms with van der Waals surface area (Å²) in [6, 6.07) is 10.9. The summed E-state index contributed by atoms with van der Waals surface area (Å²) < 4.78 is 18.7. The number of anilines is 1. The minimum atomic E-state index is -0.810. The lowest BCUT2D eigenvalue weighted by molar-refractivity contribution is 0.234. The average Bonchev–Trinajstić information content (AvgIpc) is 2.64. The van der Waals surface area contributed by atoms with E-state index in [0.717, 1.165) is 6.07 Å². The van der Waals surface area contributed by atoms with Crippen molar-refractivity contribution in [3.8, 4) is 5.75 Å². The number of benzene rings is 1. The van der Waals surface area contributed by atoms with Gasteiger partial charge in [-0.15, -0.1) is 0 Å².